The zero-order valence-electron chi connectivity index (χ0n) is 13.5. The molecule has 0 radical (unpaired) electrons. The lowest BCUT2D eigenvalue weighted by atomic mass is 9.94. The highest BCUT2D eigenvalue weighted by Gasteiger charge is 2.49. The van der Waals surface area contributed by atoms with Crippen molar-refractivity contribution in [1.82, 2.24) is 0 Å². The number of para-hydroxylation sites is 2. The third kappa shape index (κ3) is 2.91. The van der Waals surface area contributed by atoms with Crippen LogP contribution in [0.5, 0.6) is 17.2 Å². The lowest BCUT2D eigenvalue weighted by Gasteiger charge is -2.15. The average Bonchev–Trinajstić information content (AvgIpc) is 2.75. The summed E-state index contributed by atoms with van der Waals surface area (Å²) in [4.78, 5) is 0. The molecule has 0 aromatic heterocycles. The number of hydrogen-bond donors (Lipinski definition) is 0. The molecule has 0 N–H and O–H groups in total. The van der Waals surface area contributed by atoms with E-state index in [1.54, 1.807) is 54.6 Å². The summed E-state index contributed by atoms with van der Waals surface area (Å²) in [5.41, 5.74) is -3.78. The Kier molecular flexibility index (Phi) is 3.88. The fourth-order valence-corrected chi connectivity index (χ4v) is 3.40. The first-order chi connectivity index (χ1) is 12.8. The lowest BCUT2D eigenvalue weighted by molar-refractivity contribution is -0.0499. The predicted octanol–water partition coefficient (Wildman–Crippen LogP) is 5.35. The van der Waals surface area contributed by atoms with E-state index >= 15 is 0 Å². The van der Waals surface area contributed by atoms with Crippen LogP contribution in [0.2, 0.25) is 0 Å². The van der Waals surface area contributed by atoms with E-state index in [0.717, 1.165) is 0 Å². The molecular formula is C19H11F3O4S. The second-order valence-corrected chi connectivity index (χ2v) is 7.29. The van der Waals surface area contributed by atoms with Crippen molar-refractivity contribution in [3.63, 3.8) is 0 Å². The first-order valence-corrected chi connectivity index (χ1v) is 9.19. The normalized spacial score (nSPS) is 12.9. The number of fused-ring (bicyclic) bond motifs is 5. The van der Waals surface area contributed by atoms with Crippen LogP contribution in [-0.4, -0.2) is 13.9 Å². The van der Waals surface area contributed by atoms with E-state index in [1.807, 2.05) is 0 Å². The maximum absolute atomic E-state index is 12.8. The largest absolute Gasteiger partial charge is 0.534 e. The maximum atomic E-state index is 12.8. The first kappa shape index (κ1) is 17.4. The topological polar surface area (TPSA) is 52.6 Å². The van der Waals surface area contributed by atoms with Crippen molar-refractivity contribution < 1.29 is 30.5 Å². The summed E-state index contributed by atoms with van der Waals surface area (Å²) in [5.74, 6) is 0.460. The first-order valence-electron chi connectivity index (χ1n) is 7.78. The number of benzene rings is 3. The van der Waals surface area contributed by atoms with Gasteiger partial charge in [-0.15, -0.1) is 0 Å². The van der Waals surface area contributed by atoms with E-state index in [2.05, 4.69) is 4.18 Å². The van der Waals surface area contributed by atoms with Crippen LogP contribution in [-0.2, 0) is 10.1 Å². The highest BCUT2D eigenvalue weighted by Crippen LogP contribution is 2.50. The van der Waals surface area contributed by atoms with E-state index in [0.29, 0.717) is 28.2 Å². The zero-order chi connectivity index (χ0) is 19.2. The molecule has 4 nitrogen and oxygen atoms in total. The minimum Gasteiger partial charge on any atom is -0.456 e. The Morgan fingerprint density at radius 3 is 1.96 bits per heavy atom. The van der Waals surface area contributed by atoms with E-state index in [-0.39, 0.29) is 5.56 Å². The molecule has 0 amide bonds. The minimum absolute atomic E-state index is 0.214. The zero-order valence-corrected chi connectivity index (χ0v) is 14.3. The number of alkyl halides is 3. The second-order valence-electron chi connectivity index (χ2n) is 5.76. The van der Waals surface area contributed by atoms with Gasteiger partial charge in [0.15, 0.2) is 5.75 Å². The Morgan fingerprint density at radius 2 is 1.30 bits per heavy atom. The Balaban J connectivity index is 2.02. The van der Waals surface area contributed by atoms with Gasteiger partial charge >= 0.3 is 15.6 Å². The monoisotopic (exact) mass is 392 g/mol. The molecule has 1 heterocycles. The van der Waals surface area contributed by atoms with Crippen LogP contribution in [0, 0.1) is 0 Å². The van der Waals surface area contributed by atoms with Crippen molar-refractivity contribution in [2.24, 2.45) is 0 Å². The molecule has 0 atom stereocenters. The summed E-state index contributed by atoms with van der Waals surface area (Å²) in [5, 5.41) is 0. The van der Waals surface area contributed by atoms with E-state index < -0.39 is 21.4 Å². The van der Waals surface area contributed by atoms with Crippen LogP contribution in [0.15, 0.2) is 66.7 Å². The molecule has 0 unspecified atom stereocenters. The summed E-state index contributed by atoms with van der Waals surface area (Å²) < 4.78 is 72.0. The van der Waals surface area contributed by atoms with E-state index in [9.17, 15) is 21.6 Å². The SMILES string of the molecule is O=S(=O)(Oc1cccc2c1-c1ccccc1Oc1ccccc1-2)C(F)(F)F. The van der Waals surface area contributed by atoms with Gasteiger partial charge in [-0.3, -0.25) is 0 Å². The molecule has 4 rings (SSSR count). The molecule has 0 bridgehead atoms. The van der Waals surface area contributed by atoms with Crippen molar-refractivity contribution >= 4 is 10.1 Å². The molecule has 0 saturated heterocycles. The molecule has 3 aromatic carbocycles. The highest BCUT2D eigenvalue weighted by atomic mass is 32.2. The van der Waals surface area contributed by atoms with Crippen LogP contribution < -0.4 is 8.92 Å². The number of halogens is 3. The highest BCUT2D eigenvalue weighted by molar-refractivity contribution is 7.88. The fourth-order valence-electron chi connectivity index (χ4n) is 2.93. The van der Waals surface area contributed by atoms with Crippen LogP contribution >= 0.6 is 0 Å². The van der Waals surface area contributed by atoms with Gasteiger partial charge in [0.1, 0.15) is 11.5 Å². The summed E-state index contributed by atoms with van der Waals surface area (Å²) in [7, 11) is -5.82. The van der Waals surface area contributed by atoms with Gasteiger partial charge in [0.05, 0.1) is 0 Å². The molecular weight excluding hydrogens is 381 g/mol. The van der Waals surface area contributed by atoms with Gasteiger partial charge in [0, 0.05) is 16.7 Å². The van der Waals surface area contributed by atoms with Crippen molar-refractivity contribution in [3.05, 3.63) is 66.7 Å². The fraction of sp³-hybridized carbons (Fsp3) is 0.0526. The Labute approximate surface area is 152 Å². The molecule has 8 heteroatoms. The summed E-state index contributed by atoms with van der Waals surface area (Å²) in [6, 6.07) is 17.9. The lowest BCUT2D eigenvalue weighted by Crippen LogP contribution is -2.28. The van der Waals surface area contributed by atoms with Crippen molar-refractivity contribution in [1.29, 1.82) is 0 Å². The van der Waals surface area contributed by atoms with Gasteiger partial charge in [-0.05, 0) is 23.8 Å². The van der Waals surface area contributed by atoms with E-state index in [4.69, 9.17) is 4.74 Å². The molecule has 0 spiro atoms. The molecule has 27 heavy (non-hydrogen) atoms. The van der Waals surface area contributed by atoms with Gasteiger partial charge in [0.25, 0.3) is 0 Å². The molecule has 0 aliphatic carbocycles. The standard InChI is InChI=1S/C19H11F3O4S/c20-19(21,22)27(23,24)26-17-11-5-8-13-12-6-1-3-9-15(12)25-16-10-4-2-7-14(16)18(13)17/h1-11H. The molecule has 1 aliphatic rings. The Morgan fingerprint density at radius 1 is 0.741 bits per heavy atom. The number of rotatable bonds is 2. The Bertz CT molecular complexity index is 1140. The van der Waals surface area contributed by atoms with Crippen LogP contribution in [0.1, 0.15) is 0 Å². The van der Waals surface area contributed by atoms with Crippen LogP contribution in [0.25, 0.3) is 22.3 Å². The van der Waals surface area contributed by atoms with Crippen molar-refractivity contribution in [2.45, 2.75) is 5.51 Å². The molecule has 0 fully saturated rings. The smallest absolute Gasteiger partial charge is 0.456 e. The molecule has 0 saturated carbocycles. The number of ether oxygens (including phenoxy) is 1. The van der Waals surface area contributed by atoms with Crippen LogP contribution in [0.3, 0.4) is 0 Å². The minimum atomic E-state index is -5.82. The van der Waals surface area contributed by atoms with Gasteiger partial charge in [-0.1, -0.05) is 48.5 Å². The van der Waals surface area contributed by atoms with Crippen molar-refractivity contribution in [3.8, 4) is 39.5 Å². The van der Waals surface area contributed by atoms with Gasteiger partial charge in [-0.25, -0.2) is 0 Å². The second kappa shape index (κ2) is 6.02. The Hall–Kier alpha value is -3.00. The summed E-state index contributed by atoms with van der Waals surface area (Å²) in [6.45, 7) is 0. The third-order valence-corrected chi connectivity index (χ3v) is 5.03. The van der Waals surface area contributed by atoms with Crippen LogP contribution in [0.4, 0.5) is 13.2 Å². The van der Waals surface area contributed by atoms with Gasteiger partial charge in [-0.2, -0.15) is 21.6 Å². The predicted molar refractivity (Wildman–Crippen MR) is 93.0 cm³/mol. The average molecular weight is 392 g/mol. The van der Waals surface area contributed by atoms with Gasteiger partial charge in [0.2, 0.25) is 0 Å². The summed E-state index contributed by atoms with van der Waals surface area (Å²) in [6.07, 6.45) is 0. The van der Waals surface area contributed by atoms with E-state index in [1.165, 1.54) is 12.1 Å². The molecule has 3 aromatic rings. The maximum Gasteiger partial charge on any atom is 0.534 e. The quantitative estimate of drug-likeness (QED) is 0.341. The van der Waals surface area contributed by atoms with Gasteiger partial charge < -0.3 is 8.92 Å². The molecule has 1 aliphatic heterocycles. The van der Waals surface area contributed by atoms with Crippen molar-refractivity contribution in [2.75, 3.05) is 0 Å². The summed E-state index contributed by atoms with van der Waals surface area (Å²) >= 11 is 0. The third-order valence-electron chi connectivity index (χ3n) is 4.06. The number of hydrogen-bond acceptors (Lipinski definition) is 4. The molecule has 138 valence electrons.